The Hall–Kier alpha value is -4.42. The van der Waals surface area contributed by atoms with Crippen LogP contribution >= 0.6 is 23.2 Å². The number of halogens is 2. The van der Waals surface area contributed by atoms with Gasteiger partial charge in [-0.1, -0.05) is 59.6 Å². The SMILES string of the molecule is COc1cc(-c2nccc(-c3cccc(-c4ccc(CN(C)C5CCN(C(C)=O)CC5)c(OC)n4)c3Cl)c2Cl)ccc1CN(C(=O)OC(C)(C)C)C1CCOCC1. The second-order valence-electron chi connectivity index (χ2n) is 15.7. The summed E-state index contributed by atoms with van der Waals surface area (Å²) in [6.07, 6.45) is 4.66. The highest BCUT2D eigenvalue weighted by Crippen LogP contribution is 2.42. The van der Waals surface area contributed by atoms with Gasteiger partial charge in [0.25, 0.3) is 0 Å². The van der Waals surface area contributed by atoms with Crippen LogP contribution in [0.15, 0.2) is 60.8 Å². The van der Waals surface area contributed by atoms with Crippen LogP contribution in [0.1, 0.15) is 64.5 Å². The zero-order chi connectivity index (χ0) is 40.9. The largest absolute Gasteiger partial charge is 0.496 e. The molecule has 2 aliphatic heterocycles. The number of ether oxygens (including phenoxy) is 4. The Morgan fingerprint density at radius 2 is 1.54 bits per heavy atom. The average Bonchev–Trinajstić information content (AvgIpc) is 3.20. The van der Waals surface area contributed by atoms with E-state index in [0.717, 1.165) is 66.6 Å². The molecule has 2 saturated heterocycles. The van der Waals surface area contributed by atoms with Gasteiger partial charge in [-0.05, 0) is 71.7 Å². The summed E-state index contributed by atoms with van der Waals surface area (Å²) in [7, 11) is 5.34. The molecule has 0 bridgehead atoms. The molecule has 0 spiro atoms. The van der Waals surface area contributed by atoms with Crippen LogP contribution in [-0.2, 0) is 27.4 Å². The number of benzene rings is 2. The number of rotatable bonds is 11. The molecule has 57 heavy (non-hydrogen) atoms. The standard InChI is InChI=1S/C44H53Cl2N5O6/c1-28(52)50-21-16-32(17-22-50)49(5)26-31-13-14-37(48-42(31)55-7)36-10-8-9-34(39(36)45)35-15-20-47-41(40(35)46)29-11-12-30(38(25-29)54-6)27-51(33-18-23-56-24-19-33)43(53)57-44(2,3)4/h8-15,20,25,32-33H,16-19,21-24,26-27H2,1-7H3. The third-order valence-electron chi connectivity index (χ3n) is 10.7. The Bertz CT molecular complexity index is 2060. The number of carbonyl (C=O) groups excluding carboxylic acids is 2. The van der Waals surface area contributed by atoms with Crippen LogP contribution in [0.5, 0.6) is 11.6 Å². The predicted molar refractivity (Wildman–Crippen MR) is 224 cm³/mol. The molecule has 2 amide bonds. The zero-order valence-corrected chi connectivity index (χ0v) is 35.5. The summed E-state index contributed by atoms with van der Waals surface area (Å²) in [6, 6.07) is 17.8. The highest BCUT2D eigenvalue weighted by Gasteiger charge is 2.31. The van der Waals surface area contributed by atoms with Crippen molar-refractivity contribution in [1.29, 1.82) is 0 Å². The molecule has 4 aromatic rings. The van der Waals surface area contributed by atoms with E-state index in [9.17, 15) is 9.59 Å². The molecule has 2 fully saturated rings. The van der Waals surface area contributed by atoms with Crippen LogP contribution < -0.4 is 9.47 Å². The van der Waals surface area contributed by atoms with E-state index in [0.29, 0.717) is 71.0 Å². The van der Waals surface area contributed by atoms with E-state index >= 15 is 0 Å². The Morgan fingerprint density at radius 1 is 0.860 bits per heavy atom. The van der Waals surface area contributed by atoms with Crippen LogP contribution in [0, 0.1) is 0 Å². The first-order chi connectivity index (χ1) is 27.3. The van der Waals surface area contributed by atoms with Crippen molar-refractivity contribution < 1.29 is 28.5 Å². The highest BCUT2D eigenvalue weighted by atomic mass is 35.5. The van der Waals surface area contributed by atoms with Gasteiger partial charge in [-0.25, -0.2) is 9.78 Å². The van der Waals surface area contributed by atoms with E-state index in [1.165, 1.54) is 0 Å². The van der Waals surface area contributed by atoms with Crippen LogP contribution in [0.3, 0.4) is 0 Å². The number of hydrogen-bond acceptors (Lipinski definition) is 9. The number of hydrogen-bond donors (Lipinski definition) is 0. The fourth-order valence-electron chi connectivity index (χ4n) is 7.59. The lowest BCUT2D eigenvalue weighted by Gasteiger charge is -2.36. The average molecular weight is 819 g/mol. The molecule has 2 aromatic heterocycles. The number of carbonyl (C=O) groups is 2. The van der Waals surface area contributed by atoms with Crippen LogP contribution in [0.2, 0.25) is 10.0 Å². The number of methoxy groups -OCH3 is 2. The van der Waals surface area contributed by atoms with E-state index < -0.39 is 5.60 Å². The molecule has 0 N–H and O–H groups in total. The summed E-state index contributed by atoms with van der Waals surface area (Å²) in [5, 5.41) is 0.929. The van der Waals surface area contributed by atoms with Crippen molar-refractivity contribution >= 4 is 35.2 Å². The molecule has 11 nitrogen and oxygen atoms in total. The zero-order valence-electron chi connectivity index (χ0n) is 33.9. The molecule has 0 unspecified atom stereocenters. The maximum atomic E-state index is 13.4. The van der Waals surface area contributed by atoms with Crippen molar-refractivity contribution in [2.45, 2.75) is 84.2 Å². The molecule has 2 aromatic carbocycles. The minimum absolute atomic E-state index is 0.0177. The summed E-state index contributed by atoms with van der Waals surface area (Å²) >= 11 is 14.4. The van der Waals surface area contributed by atoms with Gasteiger partial charge < -0.3 is 28.7 Å². The van der Waals surface area contributed by atoms with E-state index in [1.54, 1.807) is 32.2 Å². The lowest BCUT2D eigenvalue weighted by Crippen LogP contribution is -2.45. The molecule has 6 rings (SSSR count). The first-order valence-corrected chi connectivity index (χ1v) is 20.2. The van der Waals surface area contributed by atoms with Gasteiger partial charge in [-0.2, -0.15) is 0 Å². The number of aromatic nitrogens is 2. The third kappa shape index (κ3) is 10.0. The topological polar surface area (TPSA) is 107 Å². The summed E-state index contributed by atoms with van der Waals surface area (Å²) in [5.74, 6) is 1.26. The number of piperidine rings is 1. The molecule has 13 heteroatoms. The van der Waals surface area contributed by atoms with Gasteiger partial charge in [0.15, 0.2) is 0 Å². The molecule has 0 saturated carbocycles. The molecular formula is C44H53Cl2N5O6. The second-order valence-corrected chi connectivity index (χ2v) is 16.4. The van der Waals surface area contributed by atoms with Gasteiger partial charge in [0, 0.05) is 91.4 Å². The van der Waals surface area contributed by atoms with Crippen molar-refractivity contribution in [2.24, 2.45) is 0 Å². The first kappa shape index (κ1) is 42.2. The molecule has 2 aliphatic rings. The van der Waals surface area contributed by atoms with Gasteiger partial charge in [0.1, 0.15) is 11.4 Å². The lowest BCUT2D eigenvalue weighted by molar-refractivity contribution is -0.130. The van der Waals surface area contributed by atoms with Gasteiger partial charge in [0.05, 0.1) is 42.2 Å². The third-order valence-corrected chi connectivity index (χ3v) is 11.5. The normalized spacial score (nSPS) is 15.4. The predicted octanol–water partition coefficient (Wildman–Crippen LogP) is 9.16. The number of pyridine rings is 2. The lowest BCUT2D eigenvalue weighted by atomic mass is 9.98. The van der Waals surface area contributed by atoms with Gasteiger partial charge in [-0.15, -0.1) is 0 Å². The van der Waals surface area contributed by atoms with Crippen molar-refractivity contribution in [1.82, 2.24) is 24.7 Å². The monoisotopic (exact) mass is 817 g/mol. The molecular weight excluding hydrogens is 765 g/mol. The molecule has 0 radical (unpaired) electrons. The second kappa shape index (κ2) is 18.4. The fourth-order valence-corrected chi connectivity index (χ4v) is 8.24. The van der Waals surface area contributed by atoms with E-state index in [4.69, 9.17) is 47.1 Å². The van der Waals surface area contributed by atoms with Crippen LogP contribution in [0.25, 0.3) is 33.6 Å². The van der Waals surface area contributed by atoms with Gasteiger partial charge in [0.2, 0.25) is 11.8 Å². The Balaban J connectivity index is 1.24. The minimum Gasteiger partial charge on any atom is -0.496 e. The minimum atomic E-state index is -0.632. The summed E-state index contributed by atoms with van der Waals surface area (Å²) in [4.78, 5) is 40.8. The van der Waals surface area contributed by atoms with Crippen molar-refractivity contribution in [3.8, 4) is 45.3 Å². The fraction of sp³-hybridized carbons (Fsp3) is 0.455. The van der Waals surface area contributed by atoms with Crippen molar-refractivity contribution in [2.75, 3.05) is 47.6 Å². The number of nitrogens with zero attached hydrogens (tertiary/aromatic N) is 5. The van der Waals surface area contributed by atoms with E-state index in [2.05, 4.69) is 16.9 Å². The van der Waals surface area contributed by atoms with Crippen molar-refractivity contribution in [3.05, 3.63) is 82.0 Å². The Labute approximate surface area is 346 Å². The summed E-state index contributed by atoms with van der Waals surface area (Å²) in [5.41, 5.74) is 5.34. The maximum absolute atomic E-state index is 13.4. The number of likely N-dealkylation sites (tertiary alicyclic amines) is 1. The Morgan fingerprint density at radius 3 is 2.21 bits per heavy atom. The molecule has 0 aliphatic carbocycles. The molecule has 0 atom stereocenters. The summed E-state index contributed by atoms with van der Waals surface area (Å²) in [6.45, 7) is 10.9. The highest BCUT2D eigenvalue weighted by molar-refractivity contribution is 6.39. The molecule has 4 heterocycles. The molecule has 304 valence electrons. The first-order valence-electron chi connectivity index (χ1n) is 19.5. The van der Waals surface area contributed by atoms with Crippen LogP contribution in [-0.4, -0.2) is 102 Å². The smallest absolute Gasteiger partial charge is 0.410 e. The summed E-state index contributed by atoms with van der Waals surface area (Å²) < 4.78 is 23.1. The maximum Gasteiger partial charge on any atom is 0.410 e. The van der Waals surface area contributed by atoms with Gasteiger partial charge in [-0.3, -0.25) is 14.7 Å². The quantitative estimate of drug-likeness (QED) is 0.147. The van der Waals surface area contributed by atoms with E-state index in [1.807, 2.05) is 80.3 Å². The van der Waals surface area contributed by atoms with Crippen LogP contribution in [0.4, 0.5) is 4.79 Å². The Kier molecular flexibility index (Phi) is 13.7. The number of amides is 2. The van der Waals surface area contributed by atoms with E-state index in [-0.39, 0.29) is 18.0 Å². The van der Waals surface area contributed by atoms with Crippen molar-refractivity contribution in [3.63, 3.8) is 0 Å². The van der Waals surface area contributed by atoms with Gasteiger partial charge >= 0.3 is 6.09 Å².